The second-order valence-electron chi connectivity index (χ2n) is 3.93. The van der Waals surface area contributed by atoms with E-state index in [4.69, 9.17) is 16.3 Å². The first-order valence-corrected chi connectivity index (χ1v) is 7.86. The molecule has 0 heterocycles. The first kappa shape index (κ1) is 15.6. The van der Waals surface area contributed by atoms with E-state index >= 15 is 0 Å². The van der Waals surface area contributed by atoms with Gasteiger partial charge in [0.15, 0.2) is 0 Å². The van der Waals surface area contributed by atoms with Gasteiger partial charge in [0, 0.05) is 19.7 Å². The molecule has 104 valence electrons. The minimum absolute atomic E-state index is 0.225. The van der Waals surface area contributed by atoms with Crippen molar-refractivity contribution in [2.45, 2.75) is 0 Å². The molecule has 0 radical (unpaired) electrons. The van der Waals surface area contributed by atoms with Gasteiger partial charge < -0.3 is 10.1 Å². The lowest BCUT2D eigenvalue weighted by Crippen LogP contribution is -2.12. The Hall–Kier alpha value is -0.790. The summed E-state index contributed by atoms with van der Waals surface area (Å²) in [7, 11) is 1.58. The molecule has 0 unspecified atom stereocenters. The molecular formula is C14H10BrClINO2. The Kier molecular flexibility index (Phi) is 5.29. The Labute approximate surface area is 143 Å². The standard InChI is InChI=1S/C14H10BrClINO2/c1-20-9-3-4-10(15)13(7-9)18-14(19)8-2-5-12(17)11(16)6-8/h2-7H,1H3,(H,18,19). The van der Waals surface area contributed by atoms with E-state index in [1.165, 1.54) is 0 Å². The zero-order valence-electron chi connectivity index (χ0n) is 10.4. The van der Waals surface area contributed by atoms with Crippen LogP contribution in [-0.4, -0.2) is 13.0 Å². The summed E-state index contributed by atoms with van der Waals surface area (Å²) in [6, 6.07) is 10.6. The van der Waals surface area contributed by atoms with Crippen LogP contribution < -0.4 is 10.1 Å². The highest BCUT2D eigenvalue weighted by Crippen LogP contribution is 2.28. The molecule has 0 saturated carbocycles. The fourth-order valence-electron chi connectivity index (χ4n) is 1.56. The quantitative estimate of drug-likeness (QED) is 0.649. The van der Waals surface area contributed by atoms with Crippen LogP contribution in [0.15, 0.2) is 40.9 Å². The molecular weight excluding hydrogens is 456 g/mol. The van der Waals surface area contributed by atoms with Crippen LogP contribution in [0.3, 0.4) is 0 Å². The summed E-state index contributed by atoms with van der Waals surface area (Å²) >= 11 is 11.5. The molecule has 20 heavy (non-hydrogen) atoms. The van der Waals surface area contributed by atoms with E-state index in [1.54, 1.807) is 31.4 Å². The Morgan fingerprint density at radius 1 is 1.30 bits per heavy atom. The summed E-state index contributed by atoms with van der Waals surface area (Å²) in [5.41, 5.74) is 1.15. The van der Waals surface area contributed by atoms with Gasteiger partial charge in [-0.2, -0.15) is 0 Å². The summed E-state index contributed by atoms with van der Waals surface area (Å²) < 4.78 is 6.82. The second-order valence-corrected chi connectivity index (χ2v) is 6.35. The van der Waals surface area contributed by atoms with Crippen LogP contribution in [0.25, 0.3) is 0 Å². The number of carbonyl (C=O) groups is 1. The van der Waals surface area contributed by atoms with Gasteiger partial charge in [-0.3, -0.25) is 4.79 Å². The van der Waals surface area contributed by atoms with Gasteiger partial charge in [0.05, 0.1) is 17.8 Å². The van der Waals surface area contributed by atoms with Gasteiger partial charge in [0.2, 0.25) is 0 Å². The molecule has 2 aromatic carbocycles. The number of halogens is 3. The topological polar surface area (TPSA) is 38.3 Å². The summed E-state index contributed by atoms with van der Waals surface area (Å²) in [6.45, 7) is 0. The average molecular weight is 466 g/mol. The molecule has 0 aliphatic heterocycles. The van der Waals surface area contributed by atoms with E-state index < -0.39 is 0 Å². The number of carbonyl (C=O) groups excluding carboxylic acids is 1. The molecule has 2 aromatic rings. The highest BCUT2D eigenvalue weighted by Gasteiger charge is 2.10. The minimum atomic E-state index is -0.225. The monoisotopic (exact) mass is 465 g/mol. The minimum Gasteiger partial charge on any atom is -0.497 e. The van der Waals surface area contributed by atoms with E-state index in [-0.39, 0.29) is 5.91 Å². The van der Waals surface area contributed by atoms with Crippen molar-refractivity contribution in [2.24, 2.45) is 0 Å². The molecule has 0 bridgehead atoms. The van der Waals surface area contributed by atoms with Crippen molar-refractivity contribution in [1.82, 2.24) is 0 Å². The molecule has 6 heteroatoms. The Balaban J connectivity index is 2.25. The predicted molar refractivity (Wildman–Crippen MR) is 92.8 cm³/mol. The van der Waals surface area contributed by atoms with Gasteiger partial charge in [0.25, 0.3) is 5.91 Å². The summed E-state index contributed by atoms with van der Waals surface area (Å²) in [4.78, 5) is 12.2. The lowest BCUT2D eigenvalue weighted by molar-refractivity contribution is 0.102. The lowest BCUT2D eigenvalue weighted by atomic mass is 10.2. The summed E-state index contributed by atoms with van der Waals surface area (Å²) in [5.74, 6) is 0.446. The summed E-state index contributed by atoms with van der Waals surface area (Å²) in [6.07, 6.45) is 0. The normalized spacial score (nSPS) is 10.2. The first-order valence-electron chi connectivity index (χ1n) is 5.61. The van der Waals surface area contributed by atoms with Crippen LogP contribution in [0.2, 0.25) is 5.02 Å². The van der Waals surface area contributed by atoms with Gasteiger partial charge in [-0.05, 0) is 68.9 Å². The maximum Gasteiger partial charge on any atom is 0.255 e. The molecule has 0 saturated heterocycles. The van der Waals surface area contributed by atoms with Crippen LogP contribution in [0.5, 0.6) is 5.75 Å². The number of anilines is 1. The first-order chi connectivity index (χ1) is 9.51. The fourth-order valence-corrected chi connectivity index (χ4v) is 2.42. The highest BCUT2D eigenvalue weighted by molar-refractivity contribution is 14.1. The second kappa shape index (κ2) is 6.78. The lowest BCUT2D eigenvalue weighted by Gasteiger charge is -2.10. The molecule has 3 nitrogen and oxygen atoms in total. The molecule has 0 aromatic heterocycles. The van der Waals surface area contributed by atoms with Crippen molar-refractivity contribution in [1.29, 1.82) is 0 Å². The van der Waals surface area contributed by atoms with E-state index in [1.807, 2.05) is 12.1 Å². The van der Waals surface area contributed by atoms with Gasteiger partial charge in [-0.15, -0.1) is 0 Å². The van der Waals surface area contributed by atoms with E-state index in [2.05, 4.69) is 43.8 Å². The molecule has 0 spiro atoms. The van der Waals surface area contributed by atoms with Crippen molar-refractivity contribution in [3.05, 3.63) is 55.0 Å². The number of rotatable bonds is 3. The zero-order valence-corrected chi connectivity index (χ0v) is 14.9. The molecule has 0 fully saturated rings. The van der Waals surface area contributed by atoms with E-state index in [0.717, 1.165) is 8.04 Å². The third kappa shape index (κ3) is 3.65. The maximum absolute atomic E-state index is 12.2. The summed E-state index contributed by atoms with van der Waals surface area (Å²) in [5, 5.41) is 3.38. The van der Waals surface area contributed by atoms with Crippen molar-refractivity contribution in [3.8, 4) is 5.75 Å². The Morgan fingerprint density at radius 2 is 2.05 bits per heavy atom. The third-order valence-corrected chi connectivity index (χ3v) is 4.87. The van der Waals surface area contributed by atoms with Gasteiger partial charge in [-0.25, -0.2) is 0 Å². The van der Waals surface area contributed by atoms with Gasteiger partial charge in [0.1, 0.15) is 5.75 Å². The smallest absolute Gasteiger partial charge is 0.255 e. The molecule has 1 N–H and O–H groups in total. The third-order valence-electron chi connectivity index (χ3n) is 2.60. The molecule has 2 rings (SSSR count). The van der Waals surface area contributed by atoms with Crippen molar-refractivity contribution >= 4 is 61.7 Å². The number of hydrogen-bond acceptors (Lipinski definition) is 2. The molecule has 1 amide bonds. The number of nitrogens with one attached hydrogen (secondary N) is 1. The number of benzene rings is 2. The highest BCUT2D eigenvalue weighted by atomic mass is 127. The van der Waals surface area contributed by atoms with Gasteiger partial charge in [-0.1, -0.05) is 11.6 Å². The Morgan fingerprint density at radius 3 is 2.70 bits per heavy atom. The van der Waals surface area contributed by atoms with Crippen molar-refractivity contribution < 1.29 is 9.53 Å². The molecule has 0 aliphatic carbocycles. The fraction of sp³-hybridized carbons (Fsp3) is 0.0714. The number of ether oxygens (including phenoxy) is 1. The van der Waals surface area contributed by atoms with Crippen LogP contribution in [0.1, 0.15) is 10.4 Å². The Bertz CT molecular complexity index is 664. The number of methoxy groups -OCH3 is 1. The van der Waals surface area contributed by atoms with Crippen LogP contribution in [-0.2, 0) is 0 Å². The van der Waals surface area contributed by atoms with Gasteiger partial charge >= 0.3 is 0 Å². The maximum atomic E-state index is 12.2. The average Bonchev–Trinajstić information content (AvgIpc) is 2.44. The van der Waals surface area contributed by atoms with Crippen LogP contribution >= 0.6 is 50.1 Å². The molecule has 0 atom stereocenters. The zero-order chi connectivity index (χ0) is 14.7. The van der Waals surface area contributed by atoms with E-state index in [9.17, 15) is 4.79 Å². The van der Waals surface area contributed by atoms with Crippen molar-refractivity contribution in [3.63, 3.8) is 0 Å². The van der Waals surface area contributed by atoms with Crippen LogP contribution in [0.4, 0.5) is 5.69 Å². The van der Waals surface area contributed by atoms with Crippen LogP contribution in [0, 0.1) is 3.57 Å². The predicted octanol–water partition coefficient (Wildman–Crippen LogP) is 4.97. The number of hydrogen-bond donors (Lipinski definition) is 1. The van der Waals surface area contributed by atoms with E-state index in [0.29, 0.717) is 22.0 Å². The largest absolute Gasteiger partial charge is 0.497 e. The molecule has 0 aliphatic rings. The van der Waals surface area contributed by atoms with Crippen molar-refractivity contribution in [2.75, 3.05) is 12.4 Å². The number of amides is 1. The SMILES string of the molecule is COc1ccc(Br)c(NC(=O)c2ccc(I)c(Cl)c2)c1.